The van der Waals surface area contributed by atoms with Crippen molar-refractivity contribution in [2.24, 2.45) is 7.05 Å². The first-order valence-corrected chi connectivity index (χ1v) is 6.37. The lowest BCUT2D eigenvalue weighted by molar-refractivity contribution is 0.281. The summed E-state index contributed by atoms with van der Waals surface area (Å²) in [5.74, 6) is 0.457. The molecule has 3 rings (SSSR count). The van der Waals surface area contributed by atoms with Gasteiger partial charge in [-0.25, -0.2) is 14.4 Å². The number of aromatic nitrogens is 4. The molecule has 0 radical (unpaired) electrons. The van der Waals surface area contributed by atoms with Crippen LogP contribution in [0.3, 0.4) is 0 Å². The van der Waals surface area contributed by atoms with Crippen molar-refractivity contribution >= 4 is 16.9 Å². The van der Waals surface area contributed by atoms with E-state index in [1.807, 2.05) is 6.92 Å². The van der Waals surface area contributed by atoms with Crippen molar-refractivity contribution < 1.29 is 9.13 Å². The van der Waals surface area contributed by atoms with Crippen LogP contribution in [0.2, 0.25) is 0 Å². The molecule has 2 N–H and O–H groups in total. The topological polar surface area (TPSA) is 78.9 Å². The summed E-state index contributed by atoms with van der Waals surface area (Å²) < 4.78 is 20.7. The zero-order valence-electron chi connectivity index (χ0n) is 11.7. The number of ether oxygens (including phenoxy) is 1. The maximum Gasteiger partial charge on any atom is 0.170 e. The van der Waals surface area contributed by atoms with Crippen molar-refractivity contribution in [3.05, 3.63) is 41.6 Å². The van der Waals surface area contributed by atoms with Gasteiger partial charge >= 0.3 is 0 Å². The van der Waals surface area contributed by atoms with Gasteiger partial charge in [-0.2, -0.15) is 5.10 Å². The molecule has 6 nitrogen and oxygen atoms in total. The van der Waals surface area contributed by atoms with Crippen LogP contribution in [0.25, 0.3) is 11.0 Å². The van der Waals surface area contributed by atoms with E-state index in [0.29, 0.717) is 22.7 Å². The lowest BCUT2D eigenvalue weighted by atomic mass is 10.2. The molecule has 0 unspecified atom stereocenters. The lowest BCUT2D eigenvalue weighted by Gasteiger charge is -2.08. The number of hydrogen-bond acceptors (Lipinski definition) is 5. The summed E-state index contributed by atoms with van der Waals surface area (Å²) in [7, 11) is 1.76. The number of hydrogen-bond donors (Lipinski definition) is 1. The van der Waals surface area contributed by atoms with Gasteiger partial charge in [-0.1, -0.05) is 6.07 Å². The number of nitrogens with zero attached hydrogens (tertiary/aromatic N) is 4. The molecule has 1 aromatic carbocycles. The molecular weight excluding hydrogens is 273 g/mol. The molecule has 0 atom stereocenters. The Morgan fingerprint density at radius 3 is 2.95 bits per heavy atom. The van der Waals surface area contributed by atoms with E-state index in [1.165, 1.54) is 6.07 Å². The Morgan fingerprint density at radius 2 is 2.14 bits per heavy atom. The van der Waals surface area contributed by atoms with Crippen LogP contribution in [0, 0.1) is 12.7 Å². The molecule has 0 spiro atoms. The minimum absolute atomic E-state index is 0.0334. The van der Waals surface area contributed by atoms with Gasteiger partial charge in [0.25, 0.3) is 0 Å². The van der Waals surface area contributed by atoms with Gasteiger partial charge < -0.3 is 10.5 Å². The van der Waals surface area contributed by atoms with Gasteiger partial charge in [-0.05, 0) is 24.6 Å². The Kier molecular flexibility index (Phi) is 3.17. The van der Waals surface area contributed by atoms with Gasteiger partial charge in [-0.3, -0.25) is 4.68 Å². The second-order valence-corrected chi connectivity index (χ2v) is 4.75. The van der Waals surface area contributed by atoms with Gasteiger partial charge in [0.15, 0.2) is 23.0 Å². The molecule has 0 fully saturated rings. The number of anilines is 1. The highest BCUT2D eigenvalue weighted by atomic mass is 19.1. The Hall–Kier alpha value is -2.70. The molecule has 3 aromatic rings. The average molecular weight is 287 g/mol. The fraction of sp³-hybridized carbons (Fsp3) is 0.214. The van der Waals surface area contributed by atoms with Crippen LogP contribution in [-0.4, -0.2) is 19.7 Å². The minimum atomic E-state index is -0.421. The summed E-state index contributed by atoms with van der Waals surface area (Å²) in [4.78, 5) is 8.47. The minimum Gasteiger partial charge on any atom is -0.483 e. The summed E-state index contributed by atoms with van der Waals surface area (Å²) >= 11 is 0. The average Bonchev–Trinajstić information content (AvgIpc) is 2.82. The van der Waals surface area contributed by atoms with Crippen molar-refractivity contribution in [3.8, 4) is 5.75 Å². The Morgan fingerprint density at radius 1 is 1.33 bits per heavy atom. The van der Waals surface area contributed by atoms with Crippen LogP contribution in [0.15, 0.2) is 24.4 Å². The summed E-state index contributed by atoms with van der Waals surface area (Å²) in [6.45, 7) is 1.90. The molecular formula is C14H14FN5O. The van der Waals surface area contributed by atoms with Crippen molar-refractivity contribution in [1.29, 1.82) is 0 Å². The number of fused-ring (bicyclic) bond motifs is 1. The zero-order chi connectivity index (χ0) is 15.0. The molecule has 2 aromatic heterocycles. The second-order valence-electron chi connectivity index (χ2n) is 4.75. The number of benzene rings is 1. The smallest absolute Gasteiger partial charge is 0.170 e. The predicted molar refractivity (Wildman–Crippen MR) is 76.2 cm³/mol. The fourth-order valence-corrected chi connectivity index (χ4v) is 2.02. The molecule has 0 aliphatic rings. The summed E-state index contributed by atoms with van der Waals surface area (Å²) in [5, 5.41) is 4.76. The fourth-order valence-electron chi connectivity index (χ4n) is 2.02. The highest BCUT2D eigenvalue weighted by Crippen LogP contribution is 2.20. The molecule has 7 heteroatoms. The molecule has 2 heterocycles. The highest BCUT2D eigenvalue weighted by molar-refractivity contribution is 5.84. The van der Waals surface area contributed by atoms with Crippen LogP contribution in [0.4, 0.5) is 10.2 Å². The molecule has 108 valence electrons. The number of aryl methyl sites for hydroxylation is 2. The maximum absolute atomic E-state index is 13.6. The van der Waals surface area contributed by atoms with E-state index in [-0.39, 0.29) is 12.4 Å². The van der Waals surface area contributed by atoms with Crippen molar-refractivity contribution in [2.75, 3.05) is 5.73 Å². The number of nitrogens with two attached hydrogens (primary N) is 1. The molecule has 0 bridgehead atoms. The van der Waals surface area contributed by atoms with E-state index in [2.05, 4.69) is 15.1 Å². The quantitative estimate of drug-likeness (QED) is 0.796. The van der Waals surface area contributed by atoms with E-state index >= 15 is 0 Å². The lowest BCUT2D eigenvalue weighted by Crippen LogP contribution is -2.06. The largest absolute Gasteiger partial charge is 0.483 e. The Bertz CT molecular complexity index is 814. The van der Waals surface area contributed by atoms with Crippen LogP contribution in [0.5, 0.6) is 5.75 Å². The van der Waals surface area contributed by atoms with Crippen molar-refractivity contribution in [2.45, 2.75) is 13.5 Å². The third kappa shape index (κ3) is 2.49. The maximum atomic E-state index is 13.6. The summed E-state index contributed by atoms with van der Waals surface area (Å²) in [6.07, 6.45) is 1.61. The van der Waals surface area contributed by atoms with E-state index in [9.17, 15) is 4.39 Å². The first-order chi connectivity index (χ1) is 10.0. The van der Waals surface area contributed by atoms with E-state index < -0.39 is 5.82 Å². The molecule has 0 saturated carbocycles. The molecule has 0 saturated heterocycles. The normalized spacial score (nSPS) is 11.0. The number of nitrogen functional groups attached to an aromatic ring is 1. The van der Waals surface area contributed by atoms with E-state index in [1.54, 1.807) is 30.1 Å². The molecule has 0 aliphatic carbocycles. The second kappa shape index (κ2) is 5.01. The van der Waals surface area contributed by atoms with Crippen LogP contribution in [-0.2, 0) is 13.7 Å². The Labute approximate surface area is 120 Å². The van der Waals surface area contributed by atoms with Crippen LogP contribution in [0.1, 0.15) is 11.4 Å². The van der Waals surface area contributed by atoms with Crippen LogP contribution < -0.4 is 10.5 Å². The number of halogens is 1. The van der Waals surface area contributed by atoms with Gasteiger partial charge in [0, 0.05) is 7.05 Å². The van der Waals surface area contributed by atoms with Gasteiger partial charge in [0.1, 0.15) is 12.4 Å². The highest BCUT2D eigenvalue weighted by Gasteiger charge is 2.11. The zero-order valence-corrected chi connectivity index (χ0v) is 11.7. The molecule has 21 heavy (non-hydrogen) atoms. The number of rotatable bonds is 3. The first-order valence-electron chi connectivity index (χ1n) is 6.37. The third-order valence-corrected chi connectivity index (χ3v) is 3.11. The summed E-state index contributed by atoms with van der Waals surface area (Å²) in [6, 6.07) is 4.67. The first kappa shape index (κ1) is 13.3. The predicted octanol–water partition coefficient (Wildman–Crippen LogP) is 1.97. The van der Waals surface area contributed by atoms with E-state index in [0.717, 1.165) is 5.56 Å². The SMILES string of the molecule is Cc1ccc(F)c(OCc2nc(N)c3cnn(C)c3n2)c1. The van der Waals surface area contributed by atoms with Gasteiger partial charge in [-0.15, -0.1) is 0 Å². The van der Waals surface area contributed by atoms with Gasteiger partial charge in [0.05, 0.1) is 11.6 Å². The third-order valence-electron chi connectivity index (χ3n) is 3.11. The van der Waals surface area contributed by atoms with Crippen molar-refractivity contribution in [3.63, 3.8) is 0 Å². The standard InChI is InChI=1S/C14H14FN5O/c1-8-3-4-10(15)11(5-8)21-7-12-18-13(16)9-6-17-20(2)14(9)19-12/h3-6H,7H2,1-2H3,(H2,16,18,19). The van der Waals surface area contributed by atoms with Gasteiger partial charge in [0.2, 0.25) is 0 Å². The molecule has 0 amide bonds. The van der Waals surface area contributed by atoms with Crippen LogP contribution >= 0.6 is 0 Å². The summed E-state index contributed by atoms with van der Waals surface area (Å²) in [5.41, 5.74) is 7.39. The Balaban J connectivity index is 1.88. The monoisotopic (exact) mass is 287 g/mol. The van der Waals surface area contributed by atoms with Crippen molar-refractivity contribution in [1.82, 2.24) is 19.7 Å². The van der Waals surface area contributed by atoms with E-state index in [4.69, 9.17) is 10.5 Å². The molecule has 0 aliphatic heterocycles.